The van der Waals surface area contributed by atoms with Crippen molar-refractivity contribution in [2.75, 3.05) is 37.7 Å². The number of carbonyl (C=O) groups is 1. The van der Waals surface area contributed by atoms with Gasteiger partial charge < -0.3 is 14.5 Å². The summed E-state index contributed by atoms with van der Waals surface area (Å²) in [7, 11) is 0. The van der Waals surface area contributed by atoms with E-state index in [2.05, 4.69) is 4.90 Å². The Kier molecular flexibility index (Phi) is 5.94. The second-order valence-electron chi connectivity index (χ2n) is 5.69. The Labute approximate surface area is 161 Å². The summed E-state index contributed by atoms with van der Waals surface area (Å²) in [5, 5.41) is 1.44. The molecule has 0 unspecified atom stereocenters. The number of hydrogen-bond acceptors (Lipinski definition) is 3. The minimum absolute atomic E-state index is 0.0583. The number of amides is 1. The normalized spacial score (nSPS) is 14.5. The lowest BCUT2D eigenvalue weighted by atomic mass is 10.2. The SMILES string of the molecule is O=C(COc1cccc(Cl)c1Cl)N1CCN(c2cccc(Cl)c2)CC1. The molecule has 7 heteroatoms. The Morgan fingerprint density at radius 1 is 1.00 bits per heavy atom. The van der Waals surface area contributed by atoms with Gasteiger partial charge in [-0.1, -0.05) is 46.9 Å². The van der Waals surface area contributed by atoms with E-state index in [1.807, 2.05) is 24.3 Å². The third-order valence-electron chi connectivity index (χ3n) is 4.07. The van der Waals surface area contributed by atoms with Gasteiger partial charge in [0.25, 0.3) is 5.91 Å². The zero-order valence-corrected chi connectivity index (χ0v) is 15.7. The van der Waals surface area contributed by atoms with E-state index in [1.165, 1.54) is 0 Å². The summed E-state index contributed by atoms with van der Waals surface area (Å²) in [5.41, 5.74) is 1.07. The maximum absolute atomic E-state index is 12.4. The predicted octanol–water partition coefficient (Wildman–Crippen LogP) is 4.37. The van der Waals surface area contributed by atoms with Crippen LogP contribution in [-0.4, -0.2) is 43.6 Å². The zero-order valence-electron chi connectivity index (χ0n) is 13.4. The number of carbonyl (C=O) groups excluding carboxylic acids is 1. The predicted molar refractivity (Wildman–Crippen MR) is 102 cm³/mol. The standard InChI is InChI=1S/C18H17Cl3N2O2/c19-13-3-1-4-14(11-13)22-7-9-23(10-8-22)17(24)12-25-16-6-2-5-15(20)18(16)21/h1-6,11H,7-10,12H2. The number of nitrogens with zero attached hydrogens (tertiary/aromatic N) is 2. The van der Waals surface area contributed by atoms with E-state index in [0.29, 0.717) is 33.9 Å². The largest absolute Gasteiger partial charge is 0.482 e. The first-order chi connectivity index (χ1) is 12.0. The number of hydrogen-bond donors (Lipinski definition) is 0. The Morgan fingerprint density at radius 3 is 2.44 bits per heavy atom. The van der Waals surface area contributed by atoms with Crippen LogP contribution in [0.25, 0.3) is 0 Å². The number of piperazine rings is 1. The summed E-state index contributed by atoms with van der Waals surface area (Å²) in [6.45, 7) is 2.72. The molecule has 2 aromatic rings. The molecule has 1 saturated heterocycles. The van der Waals surface area contributed by atoms with Crippen LogP contribution in [0.1, 0.15) is 0 Å². The van der Waals surface area contributed by atoms with Crippen LogP contribution >= 0.6 is 34.8 Å². The van der Waals surface area contributed by atoms with Crippen LogP contribution in [0.4, 0.5) is 5.69 Å². The molecule has 3 rings (SSSR count). The topological polar surface area (TPSA) is 32.8 Å². The highest BCUT2D eigenvalue weighted by atomic mass is 35.5. The summed E-state index contributed by atoms with van der Waals surface area (Å²) in [6, 6.07) is 12.8. The van der Waals surface area contributed by atoms with Crippen LogP contribution < -0.4 is 9.64 Å². The maximum atomic E-state index is 12.4. The first kappa shape index (κ1) is 18.2. The number of anilines is 1. The lowest BCUT2D eigenvalue weighted by Crippen LogP contribution is -2.50. The Balaban J connectivity index is 1.52. The molecule has 0 N–H and O–H groups in total. The van der Waals surface area contributed by atoms with Crippen molar-refractivity contribution in [2.24, 2.45) is 0 Å². The van der Waals surface area contributed by atoms with Crippen molar-refractivity contribution in [1.29, 1.82) is 0 Å². The van der Waals surface area contributed by atoms with Crippen LogP contribution in [0.15, 0.2) is 42.5 Å². The molecule has 132 valence electrons. The van der Waals surface area contributed by atoms with Crippen molar-refractivity contribution in [2.45, 2.75) is 0 Å². The van der Waals surface area contributed by atoms with Gasteiger partial charge in [-0.15, -0.1) is 0 Å². The molecule has 1 heterocycles. The monoisotopic (exact) mass is 398 g/mol. The zero-order chi connectivity index (χ0) is 17.8. The fourth-order valence-corrected chi connectivity index (χ4v) is 3.24. The first-order valence-electron chi connectivity index (χ1n) is 7.89. The van der Waals surface area contributed by atoms with E-state index < -0.39 is 0 Å². The van der Waals surface area contributed by atoms with Gasteiger partial charge in [0.1, 0.15) is 10.8 Å². The highest BCUT2D eigenvalue weighted by Crippen LogP contribution is 2.31. The highest BCUT2D eigenvalue weighted by Gasteiger charge is 2.22. The van der Waals surface area contributed by atoms with Gasteiger partial charge >= 0.3 is 0 Å². The van der Waals surface area contributed by atoms with Crippen molar-refractivity contribution in [3.8, 4) is 5.75 Å². The summed E-state index contributed by atoms with van der Waals surface area (Å²) < 4.78 is 5.52. The van der Waals surface area contributed by atoms with Crippen LogP contribution in [0, 0.1) is 0 Å². The molecule has 1 amide bonds. The van der Waals surface area contributed by atoms with Crippen LogP contribution in [0.5, 0.6) is 5.75 Å². The molecule has 0 radical (unpaired) electrons. The lowest BCUT2D eigenvalue weighted by molar-refractivity contribution is -0.133. The third kappa shape index (κ3) is 4.51. The number of rotatable bonds is 4. The molecule has 1 aliphatic heterocycles. The molecule has 0 atom stereocenters. The Morgan fingerprint density at radius 2 is 1.72 bits per heavy atom. The van der Waals surface area contributed by atoms with Gasteiger partial charge in [0.15, 0.2) is 6.61 Å². The number of ether oxygens (including phenoxy) is 1. The van der Waals surface area contributed by atoms with Crippen molar-refractivity contribution in [3.63, 3.8) is 0 Å². The molecule has 0 spiro atoms. The molecular formula is C18H17Cl3N2O2. The summed E-state index contributed by atoms with van der Waals surface area (Å²) >= 11 is 18.0. The van der Waals surface area contributed by atoms with Crippen molar-refractivity contribution in [3.05, 3.63) is 57.5 Å². The van der Waals surface area contributed by atoms with Crippen LogP contribution in [0.3, 0.4) is 0 Å². The minimum atomic E-state index is -0.0678. The van der Waals surface area contributed by atoms with Gasteiger partial charge in [0.2, 0.25) is 0 Å². The van der Waals surface area contributed by atoms with E-state index in [4.69, 9.17) is 39.5 Å². The average Bonchev–Trinajstić information content (AvgIpc) is 2.63. The average molecular weight is 400 g/mol. The molecule has 25 heavy (non-hydrogen) atoms. The van der Waals surface area contributed by atoms with E-state index in [1.54, 1.807) is 23.1 Å². The fraction of sp³-hybridized carbons (Fsp3) is 0.278. The van der Waals surface area contributed by atoms with E-state index in [-0.39, 0.29) is 12.5 Å². The fourth-order valence-electron chi connectivity index (χ4n) is 2.71. The van der Waals surface area contributed by atoms with Gasteiger partial charge in [-0.05, 0) is 30.3 Å². The molecule has 0 bridgehead atoms. The summed E-state index contributed by atoms with van der Waals surface area (Å²) in [6.07, 6.45) is 0. The Bertz CT molecular complexity index is 762. The van der Waals surface area contributed by atoms with Gasteiger partial charge in [-0.2, -0.15) is 0 Å². The maximum Gasteiger partial charge on any atom is 0.260 e. The van der Waals surface area contributed by atoms with E-state index in [0.717, 1.165) is 18.8 Å². The highest BCUT2D eigenvalue weighted by molar-refractivity contribution is 6.42. The molecular weight excluding hydrogens is 383 g/mol. The Hall–Kier alpha value is -1.62. The second-order valence-corrected chi connectivity index (χ2v) is 6.91. The summed E-state index contributed by atoms with van der Waals surface area (Å²) in [5.74, 6) is 0.349. The lowest BCUT2D eigenvalue weighted by Gasteiger charge is -2.36. The third-order valence-corrected chi connectivity index (χ3v) is 5.11. The molecule has 0 saturated carbocycles. The number of benzene rings is 2. The quantitative estimate of drug-likeness (QED) is 0.765. The molecule has 0 aromatic heterocycles. The van der Waals surface area contributed by atoms with Crippen LogP contribution in [-0.2, 0) is 4.79 Å². The van der Waals surface area contributed by atoms with Gasteiger partial charge in [-0.25, -0.2) is 0 Å². The van der Waals surface area contributed by atoms with Crippen molar-refractivity contribution in [1.82, 2.24) is 4.90 Å². The van der Waals surface area contributed by atoms with Gasteiger partial charge in [0, 0.05) is 36.9 Å². The first-order valence-corrected chi connectivity index (χ1v) is 9.03. The summed E-state index contributed by atoms with van der Waals surface area (Å²) in [4.78, 5) is 16.4. The van der Waals surface area contributed by atoms with Crippen molar-refractivity contribution < 1.29 is 9.53 Å². The molecule has 4 nitrogen and oxygen atoms in total. The molecule has 1 aliphatic rings. The van der Waals surface area contributed by atoms with Gasteiger partial charge in [0.05, 0.1) is 5.02 Å². The minimum Gasteiger partial charge on any atom is -0.482 e. The van der Waals surface area contributed by atoms with E-state index >= 15 is 0 Å². The second kappa shape index (κ2) is 8.17. The van der Waals surface area contributed by atoms with Gasteiger partial charge in [-0.3, -0.25) is 4.79 Å². The van der Waals surface area contributed by atoms with Crippen molar-refractivity contribution >= 4 is 46.4 Å². The molecule has 2 aromatic carbocycles. The molecule has 1 fully saturated rings. The van der Waals surface area contributed by atoms with E-state index in [9.17, 15) is 4.79 Å². The number of halogens is 3. The smallest absolute Gasteiger partial charge is 0.260 e. The molecule has 0 aliphatic carbocycles. The van der Waals surface area contributed by atoms with Crippen LogP contribution in [0.2, 0.25) is 15.1 Å².